The predicted octanol–water partition coefficient (Wildman–Crippen LogP) is 2.78. The minimum Gasteiger partial charge on any atom is -0.504 e. The highest BCUT2D eigenvalue weighted by molar-refractivity contribution is 8.18. The van der Waals surface area contributed by atoms with Crippen LogP contribution in [0.15, 0.2) is 23.1 Å². The highest BCUT2D eigenvalue weighted by Gasteiger charge is 2.41. The summed E-state index contributed by atoms with van der Waals surface area (Å²) in [6.07, 6.45) is 1.52. The monoisotopic (exact) mass is 365 g/mol. The lowest BCUT2D eigenvalue weighted by atomic mass is 10.1. The van der Waals surface area contributed by atoms with Gasteiger partial charge >= 0.3 is 5.97 Å². The van der Waals surface area contributed by atoms with E-state index in [1.54, 1.807) is 26.0 Å². The summed E-state index contributed by atoms with van der Waals surface area (Å²) < 4.78 is 10.2. The SMILES string of the molecule is CCOC(=O)[C@H](C)N1C(=O)S/C(=C/c2ccc(O)c(OCC)c2)C1=O. The molecule has 0 spiro atoms. The van der Waals surface area contributed by atoms with E-state index in [0.29, 0.717) is 12.2 Å². The van der Waals surface area contributed by atoms with Crippen LogP contribution in [0.4, 0.5) is 4.79 Å². The zero-order valence-corrected chi connectivity index (χ0v) is 15.0. The summed E-state index contributed by atoms with van der Waals surface area (Å²) in [5.41, 5.74) is 0.593. The molecule has 0 radical (unpaired) electrons. The molecule has 1 atom stereocenters. The second-order valence-corrected chi connectivity index (χ2v) is 6.13. The molecule has 0 unspecified atom stereocenters. The summed E-state index contributed by atoms with van der Waals surface area (Å²) in [5, 5.41) is 9.19. The molecule has 1 fully saturated rings. The minimum atomic E-state index is -0.989. The van der Waals surface area contributed by atoms with E-state index in [2.05, 4.69) is 0 Å². The number of aromatic hydroxyl groups is 1. The van der Waals surface area contributed by atoms with E-state index in [1.807, 2.05) is 0 Å². The molecule has 8 heteroatoms. The molecule has 7 nitrogen and oxygen atoms in total. The Morgan fingerprint density at radius 3 is 2.68 bits per heavy atom. The highest BCUT2D eigenvalue weighted by Crippen LogP contribution is 2.35. The van der Waals surface area contributed by atoms with Crippen LogP contribution >= 0.6 is 11.8 Å². The van der Waals surface area contributed by atoms with Crippen molar-refractivity contribution in [3.8, 4) is 11.5 Å². The highest BCUT2D eigenvalue weighted by atomic mass is 32.2. The normalized spacial score (nSPS) is 17.1. The van der Waals surface area contributed by atoms with Crippen LogP contribution < -0.4 is 4.74 Å². The minimum absolute atomic E-state index is 0.0111. The van der Waals surface area contributed by atoms with Crippen LogP contribution in [-0.2, 0) is 14.3 Å². The smallest absolute Gasteiger partial charge is 0.329 e. The summed E-state index contributed by atoms with van der Waals surface area (Å²) in [6, 6.07) is 3.63. The molecule has 0 bridgehead atoms. The van der Waals surface area contributed by atoms with Crippen molar-refractivity contribution in [1.82, 2.24) is 4.90 Å². The number of phenols is 1. The molecule has 1 aromatic rings. The van der Waals surface area contributed by atoms with Gasteiger partial charge in [0.05, 0.1) is 18.1 Å². The van der Waals surface area contributed by atoms with Gasteiger partial charge in [0.15, 0.2) is 11.5 Å². The third-order valence-electron chi connectivity index (χ3n) is 3.42. The van der Waals surface area contributed by atoms with Crippen LogP contribution in [0.2, 0.25) is 0 Å². The number of carbonyl (C=O) groups excluding carboxylic acids is 3. The van der Waals surface area contributed by atoms with Crippen LogP contribution in [0.1, 0.15) is 26.3 Å². The van der Waals surface area contributed by atoms with Gasteiger partial charge in [-0.15, -0.1) is 0 Å². The predicted molar refractivity (Wildman–Crippen MR) is 93.2 cm³/mol. The number of rotatable bonds is 6. The molecule has 1 heterocycles. The summed E-state index contributed by atoms with van der Waals surface area (Å²) in [6.45, 7) is 5.44. The van der Waals surface area contributed by atoms with Gasteiger partial charge in [-0.2, -0.15) is 0 Å². The first-order chi connectivity index (χ1) is 11.9. The van der Waals surface area contributed by atoms with Gasteiger partial charge < -0.3 is 14.6 Å². The average Bonchev–Trinajstić information content (AvgIpc) is 2.84. The van der Waals surface area contributed by atoms with Gasteiger partial charge in [-0.25, -0.2) is 4.79 Å². The molecule has 0 aromatic heterocycles. The molecular formula is C17H19NO6S. The first-order valence-corrected chi connectivity index (χ1v) is 8.60. The van der Waals surface area contributed by atoms with Crippen molar-refractivity contribution in [2.24, 2.45) is 0 Å². The quantitative estimate of drug-likeness (QED) is 0.612. The Morgan fingerprint density at radius 1 is 1.32 bits per heavy atom. The average molecular weight is 365 g/mol. The largest absolute Gasteiger partial charge is 0.504 e. The van der Waals surface area contributed by atoms with Crippen molar-refractivity contribution in [2.75, 3.05) is 13.2 Å². The molecule has 1 aliphatic rings. The maximum absolute atomic E-state index is 12.5. The van der Waals surface area contributed by atoms with Gasteiger partial charge in [-0.1, -0.05) is 6.07 Å². The lowest BCUT2D eigenvalue weighted by molar-refractivity contribution is -0.150. The summed E-state index contributed by atoms with van der Waals surface area (Å²) in [7, 11) is 0. The summed E-state index contributed by atoms with van der Waals surface area (Å²) in [5.74, 6) is -0.908. The Hall–Kier alpha value is -2.48. The number of amides is 2. The molecule has 0 aliphatic carbocycles. The van der Waals surface area contributed by atoms with E-state index in [1.165, 1.54) is 19.1 Å². The molecule has 134 valence electrons. The van der Waals surface area contributed by atoms with Crippen LogP contribution in [-0.4, -0.2) is 46.4 Å². The van der Waals surface area contributed by atoms with Crippen molar-refractivity contribution in [3.05, 3.63) is 28.7 Å². The number of hydrogen-bond donors (Lipinski definition) is 1. The topological polar surface area (TPSA) is 93.1 Å². The number of nitrogens with zero attached hydrogens (tertiary/aromatic N) is 1. The van der Waals surface area contributed by atoms with Crippen molar-refractivity contribution in [3.63, 3.8) is 0 Å². The number of ether oxygens (including phenoxy) is 2. The van der Waals surface area contributed by atoms with Crippen LogP contribution in [0.3, 0.4) is 0 Å². The van der Waals surface area contributed by atoms with Crippen LogP contribution in [0.25, 0.3) is 6.08 Å². The maximum atomic E-state index is 12.5. The number of esters is 1. The maximum Gasteiger partial charge on any atom is 0.329 e. The third kappa shape index (κ3) is 4.14. The molecule has 2 rings (SSSR count). The molecule has 2 amide bonds. The number of benzene rings is 1. The van der Waals surface area contributed by atoms with E-state index < -0.39 is 23.2 Å². The zero-order valence-electron chi connectivity index (χ0n) is 14.1. The Balaban J connectivity index is 2.25. The first kappa shape index (κ1) is 18.9. The third-order valence-corrected chi connectivity index (χ3v) is 4.30. The molecule has 1 saturated heterocycles. The van der Waals surface area contributed by atoms with Crippen LogP contribution in [0.5, 0.6) is 11.5 Å². The van der Waals surface area contributed by atoms with E-state index in [4.69, 9.17) is 9.47 Å². The molecule has 25 heavy (non-hydrogen) atoms. The number of hydrogen-bond acceptors (Lipinski definition) is 7. The number of thioether (sulfide) groups is 1. The van der Waals surface area contributed by atoms with Gasteiger partial charge in [0.1, 0.15) is 6.04 Å². The van der Waals surface area contributed by atoms with Gasteiger partial charge in [0.25, 0.3) is 11.1 Å². The van der Waals surface area contributed by atoms with E-state index in [0.717, 1.165) is 16.7 Å². The lowest BCUT2D eigenvalue weighted by Crippen LogP contribution is -2.42. The molecule has 1 N–H and O–H groups in total. The van der Waals surface area contributed by atoms with Crippen molar-refractivity contribution in [1.29, 1.82) is 0 Å². The second kappa shape index (κ2) is 8.06. The van der Waals surface area contributed by atoms with Gasteiger partial charge in [0, 0.05) is 0 Å². The Labute approximate surface area is 149 Å². The zero-order chi connectivity index (χ0) is 18.6. The molecular weight excluding hydrogens is 346 g/mol. The fourth-order valence-electron chi connectivity index (χ4n) is 2.22. The fourth-order valence-corrected chi connectivity index (χ4v) is 3.13. The number of imide groups is 1. The van der Waals surface area contributed by atoms with Crippen molar-refractivity contribution < 1.29 is 29.0 Å². The molecule has 0 saturated carbocycles. The van der Waals surface area contributed by atoms with E-state index in [9.17, 15) is 19.5 Å². The fraction of sp³-hybridized carbons (Fsp3) is 0.353. The Morgan fingerprint density at radius 2 is 2.04 bits per heavy atom. The number of carbonyl (C=O) groups is 3. The number of phenolic OH excluding ortho intramolecular Hbond substituents is 1. The summed E-state index contributed by atoms with van der Waals surface area (Å²) >= 11 is 0.751. The van der Waals surface area contributed by atoms with Gasteiger partial charge in [0.2, 0.25) is 0 Å². The Kier molecular flexibility index (Phi) is 6.08. The first-order valence-electron chi connectivity index (χ1n) is 7.78. The Bertz CT molecular complexity index is 730. The van der Waals surface area contributed by atoms with Gasteiger partial charge in [-0.05, 0) is 56.3 Å². The van der Waals surface area contributed by atoms with Gasteiger partial charge in [-0.3, -0.25) is 14.5 Å². The van der Waals surface area contributed by atoms with Crippen molar-refractivity contribution in [2.45, 2.75) is 26.8 Å². The second-order valence-electron chi connectivity index (χ2n) is 5.14. The van der Waals surface area contributed by atoms with E-state index >= 15 is 0 Å². The standard InChI is InChI=1S/C17H19NO6S/c1-4-23-13-8-11(6-7-12(13)19)9-14-15(20)18(17(22)25-14)10(3)16(21)24-5-2/h6-10,19H,4-5H2,1-3H3/b14-9+/t10-/m0/s1. The lowest BCUT2D eigenvalue weighted by Gasteiger charge is -2.19. The van der Waals surface area contributed by atoms with Crippen LogP contribution in [0, 0.1) is 0 Å². The van der Waals surface area contributed by atoms with E-state index in [-0.39, 0.29) is 23.0 Å². The van der Waals surface area contributed by atoms with Crippen molar-refractivity contribution >= 4 is 35.0 Å². The summed E-state index contributed by atoms with van der Waals surface area (Å²) in [4.78, 5) is 37.5. The molecule has 1 aromatic carbocycles. The molecule has 1 aliphatic heterocycles.